The van der Waals surface area contributed by atoms with E-state index in [9.17, 15) is 13.2 Å². The first-order chi connectivity index (χ1) is 11.0. The highest BCUT2D eigenvalue weighted by molar-refractivity contribution is 7.07. The van der Waals surface area contributed by atoms with Crippen LogP contribution in [0, 0.1) is 0 Å². The zero-order valence-electron chi connectivity index (χ0n) is 11.8. The summed E-state index contributed by atoms with van der Waals surface area (Å²) >= 11 is 1.54. The molecule has 1 N–H and O–H groups in total. The van der Waals surface area contributed by atoms with Crippen LogP contribution in [0.5, 0.6) is 0 Å². The Balaban J connectivity index is 1.82. The molecular weight excluding hydrogens is 327 g/mol. The molecule has 5 nitrogen and oxygen atoms in total. The summed E-state index contributed by atoms with van der Waals surface area (Å²) < 4.78 is 40.9. The molecule has 0 radical (unpaired) electrons. The predicted octanol–water partition coefficient (Wildman–Crippen LogP) is 3.53. The van der Waals surface area contributed by atoms with Gasteiger partial charge >= 0.3 is 6.18 Å². The number of halogens is 3. The first-order valence-corrected chi connectivity index (χ1v) is 8.02. The maximum Gasteiger partial charge on any atom is 0.451 e. The summed E-state index contributed by atoms with van der Waals surface area (Å²) in [5, 5.41) is 6.89. The van der Waals surface area contributed by atoms with Crippen molar-refractivity contribution in [2.45, 2.75) is 31.6 Å². The van der Waals surface area contributed by atoms with Crippen LogP contribution in [0.4, 0.5) is 19.0 Å². The van der Waals surface area contributed by atoms with E-state index in [-0.39, 0.29) is 17.5 Å². The van der Waals surface area contributed by atoms with Gasteiger partial charge in [0.05, 0.1) is 12.9 Å². The van der Waals surface area contributed by atoms with E-state index in [4.69, 9.17) is 0 Å². The number of aromatic nitrogens is 4. The lowest BCUT2D eigenvalue weighted by molar-refractivity contribution is -0.144. The average Bonchev–Trinajstić information content (AvgIpc) is 2.99. The van der Waals surface area contributed by atoms with Crippen molar-refractivity contribution in [2.24, 2.45) is 0 Å². The Morgan fingerprint density at radius 3 is 2.78 bits per heavy atom. The Labute approximate surface area is 133 Å². The molecule has 0 saturated heterocycles. The summed E-state index contributed by atoms with van der Waals surface area (Å²) in [6, 6.07) is 2.10. The van der Waals surface area contributed by atoms with Gasteiger partial charge in [-0.3, -0.25) is 0 Å². The largest absolute Gasteiger partial charge is 0.451 e. The molecule has 3 aromatic rings. The molecule has 1 aliphatic carbocycles. The number of hydrogen-bond acceptors (Lipinski definition) is 5. The van der Waals surface area contributed by atoms with Crippen molar-refractivity contribution in [3.8, 4) is 0 Å². The molecule has 0 amide bonds. The second kappa shape index (κ2) is 5.19. The van der Waals surface area contributed by atoms with Gasteiger partial charge in [-0.1, -0.05) is 0 Å². The van der Waals surface area contributed by atoms with E-state index in [2.05, 4.69) is 20.3 Å². The Kier molecular flexibility index (Phi) is 3.26. The predicted molar refractivity (Wildman–Crippen MR) is 80.4 cm³/mol. The second-order valence-electron chi connectivity index (χ2n) is 5.49. The smallest absolute Gasteiger partial charge is 0.365 e. The van der Waals surface area contributed by atoms with E-state index < -0.39 is 12.0 Å². The molecule has 0 bridgehead atoms. The van der Waals surface area contributed by atoms with Crippen molar-refractivity contribution >= 4 is 28.3 Å². The van der Waals surface area contributed by atoms with E-state index >= 15 is 0 Å². The van der Waals surface area contributed by atoms with Gasteiger partial charge in [-0.05, 0) is 35.2 Å². The fourth-order valence-corrected chi connectivity index (χ4v) is 2.95. The summed E-state index contributed by atoms with van der Waals surface area (Å²) in [7, 11) is 0. The van der Waals surface area contributed by atoms with Gasteiger partial charge in [0.15, 0.2) is 11.5 Å². The van der Waals surface area contributed by atoms with Crippen LogP contribution in [-0.2, 0) is 12.7 Å². The van der Waals surface area contributed by atoms with E-state index in [0.717, 1.165) is 18.4 Å². The molecule has 0 aliphatic heterocycles. The molecule has 0 spiro atoms. The van der Waals surface area contributed by atoms with Gasteiger partial charge in [-0.2, -0.15) is 24.5 Å². The Morgan fingerprint density at radius 2 is 2.13 bits per heavy atom. The van der Waals surface area contributed by atoms with Crippen molar-refractivity contribution < 1.29 is 13.2 Å². The first kappa shape index (κ1) is 14.4. The molecule has 3 aromatic heterocycles. The SMILES string of the molecule is FC(F)(F)c1nc(NC2CC2)c2ncn(Cc3ccsc3)c2n1. The summed E-state index contributed by atoms with van der Waals surface area (Å²) in [6.07, 6.45) is -1.22. The van der Waals surface area contributed by atoms with Crippen LogP contribution in [0.15, 0.2) is 23.2 Å². The molecule has 4 rings (SSSR count). The molecule has 3 heterocycles. The van der Waals surface area contributed by atoms with Gasteiger partial charge in [-0.15, -0.1) is 0 Å². The topological polar surface area (TPSA) is 55.6 Å². The maximum atomic E-state index is 13.1. The lowest BCUT2D eigenvalue weighted by Crippen LogP contribution is -2.15. The van der Waals surface area contributed by atoms with Crippen LogP contribution >= 0.6 is 11.3 Å². The highest BCUT2D eigenvalue weighted by Crippen LogP contribution is 2.32. The van der Waals surface area contributed by atoms with Crippen LogP contribution in [0.1, 0.15) is 24.2 Å². The third kappa shape index (κ3) is 2.88. The minimum absolute atomic E-state index is 0.161. The van der Waals surface area contributed by atoms with Crippen molar-refractivity contribution in [1.82, 2.24) is 19.5 Å². The van der Waals surface area contributed by atoms with Gasteiger partial charge in [0, 0.05) is 6.04 Å². The lowest BCUT2D eigenvalue weighted by Gasteiger charge is -2.10. The van der Waals surface area contributed by atoms with Crippen LogP contribution in [0.2, 0.25) is 0 Å². The molecule has 120 valence electrons. The van der Waals surface area contributed by atoms with Crippen molar-refractivity contribution in [3.63, 3.8) is 0 Å². The zero-order chi connectivity index (χ0) is 16.0. The van der Waals surface area contributed by atoms with E-state index in [1.165, 1.54) is 17.7 Å². The number of imidazole rings is 1. The summed E-state index contributed by atoms with van der Waals surface area (Å²) in [4.78, 5) is 11.6. The third-order valence-corrected chi connectivity index (χ3v) is 4.30. The summed E-state index contributed by atoms with van der Waals surface area (Å²) in [5.74, 6) is -0.978. The molecular formula is C14H12F3N5S. The van der Waals surface area contributed by atoms with Crippen LogP contribution < -0.4 is 5.32 Å². The summed E-state index contributed by atoms with van der Waals surface area (Å²) in [6.45, 7) is 0.428. The van der Waals surface area contributed by atoms with Gasteiger partial charge in [0.2, 0.25) is 5.82 Å². The van der Waals surface area contributed by atoms with Crippen LogP contribution in [0.3, 0.4) is 0 Å². The lowest BCUT2D eigenvalue weighted by atomic mass is 10.3. The van der Waals surface area contributed by atoms with Gasteiger partial charge in [0.25, 0.3) is 0 Å². The van der Waals surface area contributed by atoms with E-state index in [0.29, 0.717) is 12.1 Å². The number of alkyl halides is 3. The molecule has 0 aromatic carbocycles. The van der Waals surface area contributed by atoms with Crippen molar-refractivity contribution in [1.29, 1.82) is 0 Å². The average molecular weight is 339 g/mol. The standard InChI is InChI=1S/C14H12F3N5S/c15-14(16,17)13-20-11(19-9-1-2-9)10-12(21-13)22(7-18-10)5-8-3-4-23-6-8/h3-4,6-7,9H,1-2,5H2,(H,19,20,21). The molecule has 1 aliphatic rings. The fourth-order valence-electron chi connectivity index (χ4n) is 2.29. The molecule has 23 heavy (non-hydrogen) atoms. The first-order valence-electron chi connectivity index (χ1n) is 7.08. The summed E-state index contributed by atoms with van der Waals surface area (Å²) in [5.41, 5.74) is 1.57. The maximum absolute atomic E-state index is 13.1. The molecule has 1 saturated carbocycles. The van der Waals surface area contributed by atoms with Crippen molar-refractivity contribution in [3.05, 3.63) is 34.5 Å². The molecule has 0 atom stereocenters. The van der Waals surface area contributed by atoms with E-state index in [1.54, 1.807) is 4.57 Å². The normalized spacial score (nSPS) is 15.3. The Hall–Kier alpha value is -2.16. The highest BCUT2D eigenvalue weighted by Gasteiger charge is 2.37. The van der Waals surface area contributed by atoms with Gasteiger partial charge < -0.3 is 9.88 Å². The number of thiophene rings is 1. The minimum atomic E-state index is -4.59. The Bertz CT molecular complexity index is 836. The van der Waals surface area contributed by atoms with Crippen LogP contribution in [0.25, 0.3) is 11.2 Å². The van der Waals surface area contributed by atoms with E-state index in [1.807, 2.05) is 16.8 Å². The number of hydrogen-bond donors (Lipinski definition) is 1. The third-order valence-electron chi connectivity index (χ3n) is 3.57. The van der Waals surface area contributed by atoms with Gasteiger partial charge in [-0.25, -0.2) is 15.0 Å². The van der Waals surface area contributed by atoms with Crippen LogP contribution in [-0.4, -0.2) is 25.6 Å². The molecule has 0 unspecified atom stereocenters. The highest BCUT2D eigenvalue weighted by atomic mass is 32.1. The number of nitrogens with zero attached hydrogens (tertiary/aromatic N) is 4. The second-order valence-corrected chi connectivity index (χ2v) is 6.27. The number of rotatable bonds is 4. The minimum Gasteiger partial charge on any atom is -0.365 e. The van der Waals surface area contributed by atoms with Gasteiger partial charge in [0.1, 0.15) is 5.52 Å². The molecule has 9 heteroatoms. The van der Waals surface area contributed by atoms with Crippen molar-refractivity contribution in [2.75, 3.05) is 5.32 Å². The quantitative estimate of drug-likeness (QED) is 0.790. The number of fused-ring (bicyclic) bond motifs is 1. The fraction of sp³-hybridized carbons (Fsp3) is 0.357. The number of anilines is 1. The monoisotopic (exact) mass is 339 g/mol. The number of nitrogens with one attached hydrogen (secondary N) is 1. The molecule has 1 fully saturated rings. The zero-order valence-corrected chi connectivity index (χ0v) is 12.7. The Morgan fingerprint density at radius 1 is 1.30 bits per heavy atom.